The molecule has 7 nitrogen and oxygen atoms in total. The molecular formula is C15H10F6N6O. The van der Waals surface area contributed by atoms with Gasteiger partial charge in [-0.1, -0.05) is 18.2 Å². The first-order chi connectivity index (χ1) is 13.1. The molecule has 0 saturated carbocycles. The summed E-state index contributed by atoms with van der Waals surface area (Å²) >= 11 is 0. The molecule has 1 aromatic carbocycles. The number of nitrogens with zero attached hydrogens (tertiary/aromatic N) is 6. The van der Waals surface area contributed by atoms with Crippen molar-refractivity contribution in [1.29, 1.82) is 0 Å². The Morgan fingerprint density at radius 2 is 1.46 bits per heavy atom. The molecule has 0 spiro atoms. The lowest BCUT2D eigenvalue weighted by molar-refractivity contribution is -0.348. The second kappa shape index (κ2) is 8.45. The average molecular weight is 404 g/mol. The van der Waals surface area contributed by atoms with Crippen LogP contribution in [0.5, 0.6) is 0 Å². The Balaban J connectivity index is 0.000000218. The van der Waals surface area contributed by atoms with Crippen molar-refractivity contribution in [3.63, 3.8) is 0 Å². The van der Waals surface area contributed by atoms with Crippen LogP contribution in [0.1, 0.15) is 10.4 Å². The third-order valence-electron chi connectivity index (χ3n) is 2.91. The molecule has 0 N–H and O–H groups in total. The molecule has 3 rings (SSSR count). The van der Waals surface area contributed by atoms with Crippen LogP contribution in [-0.2, 0) is 0 Å². The van der Waals surface area contributed by atoms with E-state index in [1.807, 2.05) is 0 Å². The van der Waals surface area contributed by atoms with E-state index in [0.29, 0.717) is 5.95 Å². The quantitative estimate of drug-likeness (QED) is 0.484. The van der Waals surface area contributed by atoms with Gasteiger partial charge in [0.15, 0.2) is 0 Å². The Bertz CT molecular complexity index is 854. The van der Waals surface area contributed by atoms with E-state index < -0.39 is 29.0 Å². The van der Waals surface area contributed by atoms with Crippen molar-refractivity contribution in [3.8, 4) is 5.95 Å². The van der Waals surface area contributed by atoms with E-state index in [0.717, 1.165) is 24.3 Å². The summed E-state index contributed by atoms with van der Waals surface area (Å²) in [4.78, 5) is 20.8. The van der Waals surface area contributed by atoms with E-state index in [4.69, 9.17) is 0 Å². The Hall–Kier alpha value is -3.51. The van der Waals surface area contributed by atoms with Gasteiger partial charge in [0.05, 0.1) is 0 Å². The fourth-order valence-corrected chi connectivity index (χ4v) is 1.80. The highest BCUT2D eigenvalue weighted by molar-refractivity contribution is 5.94. The maximum atomic E-state index is 12.1. The molecule has 0 unspecified atom stereocenters. The zero-order valence-electron chi connectivity index (χ0n) is 13.6. The van der Waals surface area contributed by atoms with E-state index in [1.165, 1.54) is 17.1 Å². The van der Waals surface area contributed by atoms with Crippen molar-refractivity contribution < 1.29 is 31.1 Å². The third-order valence-corrected chi connectivity index (χ3v) is 2.91. The molecule has 0 aliphatic heterocycles. The highest BCUT2D eigenvalue weighted by Crippen LogP contribution is 2.34. The average Bonchev–Trinajstić information content (AvgIpc) is 3.16. The van der Waals surface area contributed by atoms with E-state index in [2.05, 4.69) is 20.1 Å². The van der Waals surface area contributed by atoms with Crippen LogP contribution in [0.4, 0.5) is 26.3 Å². The van der Waals surface area contributed by atoms with E-state index >= 15 is 0 Å². The summed E-state index contributed by atoms with van der Waals surface area (Å²) in [7, 11) is 0. The number of alkyl halides is 6. The largest absolute Gasteiger partial charge is 0.494 e. The van der Waals surface area contributed by atoms with Crippen LogP contribution in [0.2, 0.25) is 0 Å². The number of carbonyl (C=O) groups excluding carboxylic acids is 1. The lowest BCUT2D eigenvalue weighted by atomic mass is 10.2. The highest BCUT2D eigenvalue weighted by Gasteiger charge is 2.57. The zero-order chi connectivity index (χ0) is 20.8. The van der Waals surface area contributed by atoms with E-state index in [-0.39, 0.29) is 0 Å². The van der Waals surface area contributed by atoms with Crippen LogP contribution in [0.25, 0.3) is 5.95 Å². The fraction of sp³-hybridized carbons (Fsp3) is 0.133. The number of aromatic nitrogens is 5. The van der Waals surface area contributed by atoms with Crippen molar-refractivity contribution in [2.24, 2.45) is 0 Å². The van der Waals surface area contributed by atoms with Gasteiger partial charge in [-0.2, -0.15) is 14.7 Å². The lowest BCUT2D eigenvalue weighted by Gasteiger charge is -2.26. The standard InChI is InChI=1S/C9H5F6NO.C6H5N5/c10-8(11,12)16(9(13,14)15)7(17)6-4-2-1-3-5-6;1-2-8-6(9-3-1)11-5-7-4-10-11/h1-5H;1-5H. The summed E-state index contributed by atoms with van der Waals surface area (Å²) in [6.45, 7) is 0. The van der Waals surface area contributed by atoms with Crippen LogP contribution >= 0.6 is 0 Å². The minimum Gasteiger partial charge on any atom is -0.269 e. The van der Waals surface area contributed by atoms with Gasteiger partial charge in [-0.25, -0.2) is 15.0 Å². The molecule has 148 valence electrons. The lowest BCUT2D eigenvalue weighted by Crippen LogP contribution is -2.51. The van der Waals surface area contributed by atoms with Gasteiger partial charge in [-0.05, 0) is 18.2 Å². The van der Waals surface area contributed by atoms with Gasteiger partial charge in [0.2, 0.25) is 0 Å². The minimum absolute atomic E-state index is 0.532. The van der Waals surface area contributed by atoms with Crippen molar-refractivity contribution in [1.82, 2.24) is 29.6 Å². The highest BCUT2D eigenvalue weighted by atomic mass is 19.4. The molecule has 0 aliphatic carbocycles. The first-order valence-electron chi connectivity index (χ1n) is 7.26. The summed E-state index contributed by atoms with van der Waals surface area (Å²) in [6, 6.07) is 7.18. The summed E-state index contributed by atoms with van der Waals surface area (Å²) in [6.07, 6.45) is -5.32. The number of hydrogen-bond donors (Lipinski definition) is 0. The Morgan fingerprint density at radius 3 is 1.93 bits per heavy atom. The molecule has 2 heterocycles. The molecule has 0 atom stereocenters. The van der Waals surface area contributed by atoms with Crippen molar-refractivity contribution >= 4 is 5.91 Å². The molecule has 3 aromatic rings. The molecule has 0 radical (unpaired) electrons. The molecule has 0 fully saturated rings. The summed E-state index contributed by atoms with van der Waals surface area (Å²) in [5.74, 6) is -1.63. The molecule has 0 saturated heterocycles. The van der Waals surface area contributed by atoms with Crippen molar-refractivity contribution in [2.45, 2.75) is 12.6 Å². The first-order valence-corrected chi connectivity index (χ1v) is 7.26. The summed E-state index contributed by atoms with van der Waals surface area (Å²) in [5.41, 5.74) is -0.692. The smallest absolute Gasteiger partial charge is 0.269 e. The van der Waals surface area contributed by atoms with Crippen molar-refractivity contribution in [2.75, 3.05) is 0 Å². The first kappa shape index (κ1) is 20.8. The zero-order valence-corrected chi connectivity index (χ0v) is 13.6. The van der Waals surface area contributed by atoms with Crippen molar-refractivity contribution in [3.05, 3.63) is 67.0 Å². The van der Waals surface area contributed by atoms with E-state index in [1.54, 1.807) is 24.8 Å². The van der Waals surface area contributed by atoms with Gasteiger partial charge in [0, 0.05) is 18.0 Å². The van der Waals surface area contributed by atoms with Crippen LogP contribution in [0, 0.1) is 0 Å². The van der Waals surface area contributed by atoms with E-state index in [9.17, 15) is 31.1 Å². The van der Waals surface area contributed by atoms with Gasteiger partial charge in [-0.15, -0.1) is 26.3 Å². The van der Waals surface area contributed by atoms with Gasteiger partial charge < -0.3 is 0 Å². The van der Waals surface area contributed by atoms with Gasteiger partial charge >= 0.3 is 12.6 Å². The molecule has 13 heteroatoms. The molecule has 1 amide bonds. The molecule has 2 aromatic heterocycles. The number of benzene rings is 1. The SMILES string of the molecule is O=C(c1ccccc1)N(C(F)(F)F)C(F)(F)F.c1cnc(-n2cncn2)nc1. The third kappa shape index (κ3) is 5.49. The number of rotatable bonds is 2. The molecule has 0 bridgehead atoms. The maximum absolute atomic E-state index is 12.1. The number of carbonyl (C=O) groups is 1. The molecule has 0 aliphatic rings. The second-order valence-corrected chi connectivity index (χ2v) is 4.83. The Labute approximate surface area is 153 Å². The second-order valence-electron chi connectivity index (χ2n) is 4.83. The predicted molar refractivity (Wildman–Crippen MR) is 81.7 cm³/mol. The number of hydrogen-bond acceptors (Lipinski definition) is 5. The van der Waals surface area contributed by atoms with Crippen LogP contribution < -0.4 is 0 Å². The monoisotopic (exact) mass is 404 g/mol. The van der Waals surface area contributed by atoms with Crippen LogP contribution in [0.3, 0.4) is 0 Å². The predicted octanol–water partition coefficient (Wildman–Crippen LogP) is 3.23. The summed E-state index contributed by atoms with van der Waals surface area (Å²) < 4.78 is 74.3. The summed E-state index contributed by atoms with van der Waals surface area (Å²) in [5, 5.41) is 3.87. The maximum Gasteiger partial charge on any atom is 0.494 e. The van der Waals surface area contributed by atoms with Crippen LogP contribution in [0.15, 0.2) is 61.4 Å². The Morgan fingerprint density at radius 1 is 0.893 bits per heavy atom. The number of amides is 1. The van der Waals surface area contributed by atoms with Gasteiger partial charge in [-0.3, -0.25) is 4.79 Å². The van der Waals surface area contributed by atoms with Crippen LogP contribution in [-0.4, -0.2) is 48.1 Å². The topological polar surface area (TPSA) is 76.8 Å². The normalized spacial score (nSPS) is 11.4. The Kier molecular flexibility index (Phi) is 6.28. The molecule has 28 heavy (non-hydrogen) atoms. The fourth-order valence-electron chi connectivity index (χ4n) is 1.80. The number of halogens is 6. The molecular weight excluding hydrogens is 394 g/mol. The van der Waals surface area contributed by atoms with Gasteiger partial charge in [0.25, 0.3) is 11.9 Å². The minimum atomic E-state index is -5.81. The van der Waals surface area contributed by atoms with Gasteiger partial charge in [0.1, 0.15) is 12.7 Å².